The zero-order valence-corrected chi connectivity index (χ0v) is 17.8. The highest BCUT2D eigenvalue weighted by molar-refractivity contribution is 6.11. The molecule has 0 radical (unpaired) electrons. The maximum absolute atomic E-state index is 13.2. The molecule has 4 aromatic rings. The first-order valence-corrected chi connectivity index (χ1v) is 9.88. The van der Waals surface area contributed by atoms with Gasteiger partial charge in [-0.05, 0) is 36.8 Å². The number of hydrogen-bond acceptors (Lipinski definition) is 6. The lowest BCUT2D eigenvalue weighted by atomic mass is 10.2. The maximum atomic E-state index is 13.2. The van der Waals surface area contributed by atoms with Crippen LogP contribution in [0.3, 0.4) is 0 Å². The van der Waals surface area contributed by atoms with Gasteiger partial charge in [-0.3, -0.25) is 9.59 Å². The zero-order valence-electron chi connectivity index (χ0n) is 17.8. The third kappa shape index (κ3) is 3.95. The molecule has 0 aliphatic heterocycles. The number of aromatic nitrogens is 3. The highest BCUT2D eigenvalue weighted by Gasteiger charge is 2.19. The largest absolute Gasteiger partial charge is 0.494 e. The Morgan fingerprint density at radius 2 is 1.84 bits per heavy atom. The molecule has 9 heteroatoms. The quantitative estimate of drug-likeness (QED) is 0.433. The molecule has 0 bridgehead atoms. The van der Waals surface area contributed by atoms with Gasteiger partial charge in [0.25, 0.3) is 11.8 Å². The van der Waals surface area contributed by atoms with Crippen LogP contribution in [0, 0.1) is 6.92 Å². The minimum atomic E-state index is -0.409. The summed E-state index contributed by atoms with van der Waals surface area (Å²) in [5.41, 5.74) is 3.38. The van der Waals surface area contributed by atoms with E-state index in [-0.39, 0.29) is 5.91 Å². The molecule has 0 unspecified atom stereocenters. The number of rotatable bonds is 6. The number of hydrogen-bond donors (Lipinski definition) is 3. The van der Waals surface area contributed by atoms with Gasteiger partial charge in [-0.15, -0.1) is 0 Å². The smallest absolute Gasteiger partial charge is 0.259 e. The van der Waals surface area contributed by atoms with Crippen LogP contribution in [-0.2, 0) is 0 Å². The van der Waals surface area contributed by atoms with Gasteiger partial charge in [0.2, 0.25) is 0 Å². The average molecular weight is 430 g/mol. The molecule has 3 heterocycles. The number of carbonyl (C=O) groups excluding carboxylic acids is 2. The second-order valence-corrected chi connectivity index (χ2v) is 7.02. The number of anilines is 3. The number of para-hydroxylation sites is 1. The predicted molar refractivity (Wildman–Crippen MR) is 122 cm³/mol. The van der Waals surface area contributed by atoms with Crippen LogP contribution < -0.4 is 20.7 Å². The Kier molecular flexibility index (Phi) is 5.71. The van der Waals surface area contributed by atoms with Crippen LogP contribution in [0.5, 0.6) is 5.75 Å². The molecule has 32 heavy (non-hydrogen) atoms. The number of pyridine rings is 2. The molecule has 0 atom stereocenters. The number of methoxy groups -OCH3 is 1. The number of ether oxygens (including phenoxy) is 1. The van der Waals surface area contributed by atoms with Crippen molar-refractivity contribution in [3.8, 4) is 5.75 Å². The Balaban J connectivity index is 1.73. The Labute approximate surface area is 184 Å². The SMILES string of the molecule is CNC(=O)c1cnc(Nc2ccccc2C)c(NC(=O)c2cnn3cccc(OC)c23)c1. The van der Waals surface area contributed by atoms with Crippen LogP contribution in [0.15, 0.2) is 61.1 Å². The summed E-state index contributed by atoms with van der Waals surface area (Å²) in [7, 11) is 3.07. The lowest BCUT2D eigenvalue weighted by Crippen LogP contribution is -2.19. The lowest BCUT2D eigenvalue weighted by Gasteiger charge is -2.15. The monoisotopic (exact) mass is 430 g/mol. The van der Waals surface area contributed by atoms with E-state index in [0.717, 1.165) is 11.3 Å². The number of fused-ring (bicyclic) bond motifs is 1. The van der Waals surface area contributed by atoms with Gasteiger partial charge in [0.05, 0.1) is 30.1 Å². The van der Waals surface area contributed by atoms with Crippen LogP contribution in [0.1, 0.15) is 26.3 Å². The van der Waals surface area contributed by atoms with Crippen molar-refractivity contribution < 1.29 is 14.3 Å². The number of nitrogens with one attached hydrogen (secondary N) is 3. The summed E-state index contributed by atoms with van der Waals surface area (Å²) < 4.78 is 6.96. The average Bonchev–Trinajstić information content (AvgIpc) is 3.25. The standard InChI is InChI=1S/C23H22N6O3/c1-14-7-4-5-8-17(14)27-21-18(11-15(12-25-21)22(30)24-2)28-23(31)16-13-26-29-10-6-9-19(32-3)20(16)29/h4-13H,1-3H3,(H,24,30)(H,25,27)(H,28,31). The number of benzene rings is 1. The van der Waals surface area contributed by atoms with E-state index < -0.39 is 5.91 Å². The predicted octanol–water partition coefficient (Wildman–Crippen LogP) is 3.40. The molecule has 0 fully saturated rings. The van der Waals surface area contributed by atoms with Gasteiger partial charge in [-0.25, -0.2) is 9.50 Å². The van der Waals surface area contributed by atoms with E-state index in [1.54, 1.807) is 28.9 Å². The molecule has 0 spiro atoms. The van der Waals surface area contributed by atoms with Crippen molar-refractivity contribution in [2.75, 3.05) is 24.8 Å². The molecule has 3 aromatic heterocycles. The molecule has 1 aromatic carbocycles. The second kappa shape index (κ2) is 8.76. The summed E-state index contributed by atoms with van der Waals surface area (Å²) in [5, 5.41) is 12.9. The van der Waals surface area contributed by atoms with Crippen LogP contribution in [0.25, 0.3) is 5.52 Å². The van der Waals surface area contributed by atoms with Crippen LogP contribution in [0.2, 0.25) is 0 Å². The highest BCUT2D eigenvalue weighted by Crippen LogP contribution is 2.28. The van der Waals surface area contributed by atoms with E-state index in [9.17, 15) is 9.59 Å². The minimum Gasteiger partial charge on any atom is -0.494 e. The summed E-state index contributed by atoms with van der Waals surface area (Å²) in [6, 6.07) is 12.8. The van der Waals surface area contributed by atoms with Gasteiger partial charge in [-0.2, -0.15) is 5.10 Å². The molecule has 2 amide bonds. The van der Waals surface area contributed by atoms with Crippen LogP contribution in [0.4, 0.5) is 17.2 Å². The van der Waals surface area contributed by atoms with Crippen molar-refractivity contribution in [3.63, 3.8) is 0 Å². The fraction of sp³-hybridized carbons (Fsp3) is 0.130. The van der Waals surface area contributed by atoms with E-state index in [1.165, 1.54) is 26.6 Å². The molecular weight excluding hydrogens is 408 g/mol. The molecular formula is C23H22N6O3. The van der Waals surface area contributed by atoms with Crippen molar-refractivity contribution in [3.05, 3.63) is 77.7 Å². The van der Waals surface area contributed by atoms with E-state index in [0.29, 0.717) is 33.9 Å². The number of carbonyl (C=O) groups is 2. The van der Waals surface area contributed by atoms with Gasteiger partial charge in [0.15, 0.2) is 5.82 Å². The summed E-state index contributed by atoms with van der Waals surface area (Å²) in [4.78, 5) is 29.7. The summed E-state index contributed by atoms with van der Waals surface area (Å²) in [5.74, 6) is 0.204. The van der Waals surface area contributed by atoms with Crippen molar-refractivity contribution >= 4 is 34.5 Å². The van der Waals surface area contributed by atoms with Crippen molar-refractivity contribution in [2.24, 2.45) is 0 Å². The van der Waals surface area contributed by atoms with Crippen molar-refractivity contribution in [1.29, 1.82) is 0 Å². The van der Waals surface area contributed by atoms with E-state index in [4.69, 9.17) is 4.74 Å². The third-order valence-electron chi connectivity index (χ3n) is 4.99. The van der Waals surface area contributed by atoms with E-state index in [2.05, 4.69) is 26.0 Å². The minimum absolute atomic E-state index is 0.312. The molecule has 0 saturated carbocycles. The van der Waals surface area contributed by atoms with Gasteiger partial charge in [-0.1, -0.05) is 18.2 Å². The summed E-state index contributed by atoms with van der Waals surface area (Å²) in [6.07, 6.45) is 4.65. The summed E-state index contributed by atoms with van der Waals surface area (Å²) in [6.45, 7) is 1.96. The van der Waals surface area contributed by atoms with Gasteiger partial charge >= 0.3 is 0 Å². The highest BCUT2D eigenvalue weighted by atomic mass is 16.5. The third-order valence-corrected chi connectivity index (χ3v) is 4.99. The molecule has 9 nitrogen and oxygen atoms in total. The molecule has 4 rings (SSSR count). The van der Waals surface area contributed by atoms with E-state index >= 15 is 0 Å². The first kappa shape index (κ1) is 20.9. The second-order valence-electron chi connectivity index (χ2n) is 7.02. The molecule has 0 aliphatic rings. The topological polar surface area (TPSA) is 110 Å². The Morgan fingerprint density at radius 1 is 1.03 bits per heavy atom. The summed E-state index contributed by atoms with van der Waals surface area (Å²) >= 11 is 0. The molecule has 0 saturated heterocycles. The van der Waals surface area contributed by atoms with Gasteiger partial charge < -0.3 is 20.7 Å². The van der Waals surface area contributed by atoms with Gasteiger partial charge in [0, 0.05) is 25.1 Å². The maximum Gasteiger partial charge on any atom is 0.259 e. The van der Waals surface area contributed by atoms with Crippen molar-refractivity contribution in [1.82, 2.24) is 19.9 Å². The lowest BCUT2D eigenvalue weighted by molar-refractivity contribution is 0.0961. The first-order chi connectivity index (χ1) is 15.5. The zero-order chi connectivity index (χ0) is 22.7. The molecule has 3 N–H and O–H groups in total. The van der Waals surface area contributed by atoms with Crippen LogP contribution >= 0.6 is 0 Å². The normalized spacial score (nSPS) is 10.6. The first-order valence-electron chi connectivity index (χ1n) is 9.88. The molecule has 162 valence electrons. The number of aryl methyl sites for hydroxylation is 1. The van der Waals surface area contributed by atoms with Gasteiger partial charge in [0.1, 0.15) is 11.3 Å². The van der Waals surface area contributed by atoms with Crippen molar-refractivity contribution in [2.45, 2.75) is 6.92 Å². The number of amides is 2. The Morgan fingerprint density at radius 3 is 2.59 bits per heavy atom. The Hall–Kier alpha value is -4.40. The number of nitrogens with zero attached hydrogens (tertiary/aromatic N) is 3. The fourth-order valence-corrected chi connectivity index (χ4v) is 3.30. The fourth-order valence-electron chi connectivity index (χ4n) is 3.30. The van der Waals surface area contributed by atoms with Crippen LogP contribution in [-0.4, -0.2) is 40.6 Å². The molecule has 0 aliphatic carbocycles. The van der Waals surface area contributed by atoms with E-state index in [1.807, 2.05) is 31.2 Å². The Bertz CT molecular complexity index is 1310.